The SMILES string of the molecule is CCc1c(C)cc(N2CCCC2C)nc1CN(C)CCCN1CCN(CC=O)CC1. The molecule has 1 aromatic rings. The van der Waals surface area contributed by atoms with E-state index in [4.69, 9.17) is 4.98 Å². The second-order valence-electron chi connectivity index (χ2n) is 9.16. The van der Waals surface area contributed by atoms with Crippen molar-refractivity contribution in [2.24, 2.45) is 0 Å². The minimum Gasteiger partial charge on any atom is -0.354 e. The Morgan fingerprint density at radius 1 is 1.20 bits per heavy atom. The highest BCUT2D eigenvalue weighted by atomic mass is 16.1. The predicted molar refractivity (Wildman–Crippen MR) is 124 cm³/mol. The number of pyridine rings is 1. The van der Waals surface area contributed by atoms with E-state index in [9.17, 15) is 4.79 Å². The molecule has 3 rings (SSSR count). The highest BCUT2D eigenvalue weighted by Gasteiger charge is 2.23. The molecule has 0 radical (unpaired) electrons. The summed E-state index contributed by atoms with van der Waals surface area (Å²) >= 11 is 0. The van der Waals surface area contributed by atoms with Crippen molar-refractivity contribution in [3.63, 3.8) is 0 Å². The molecule has 2 fully saturated rings. The largest absolute Gasteiger partial charge is 0.354 e. The van der Waals surface area contributed by atoms with Crippen LogP contribution in [0.25, 0.3) is 0 Å². The zero-order chi connectivity index (χ0) is 21.5. The molecule has 0 bridgehead atoms. The molecule has 2 aliphatic heterocycles. The van der Waals surface area contributed by atoms with Gasteiger partial charge >= 0.3 is 0 Å². The zero-order valence-electron chi connectivity index (χ0n) is 19.6. The monoisotopic (exact) mass is 415 g/mol. The van der Waals surface area contributed by atoms with Gasteiger partial charge in [-0.2, -0.15) is 0 Å². The van der Waals surface area contributed by atoms with Gasteiger partial charge in [-0.05, 0) is 76.9 Å². The van der Waals surface area contributed by atoms with E-state index in [-0.39, 0.29) is 0 Å². The molecular weight excluding hydrogens is 374 g/mol. The summed E-state index contributed by atoms with van der Waals surface area (Å²) in [5, 5.41) is 0. The van der Waals surface area contributed by atoms with Crippen LogP contribution in [0.15, 0.2) is 6.07 Å². The third-order valence-corrected chi connectivity index (χ3v) is 6.85. The normalized spacial score (nSPS) is 21.0. The number of aryl methyl sites for hydroxylation is 1. The van der Waals surface area contributed by atoms with Crippen molar-refractivity contribution < 1.29 is 4.79 Å². The van der Waals surface area contributed by atoms with Crippen LogP contribution in [0, 0.1) is 6.92 Å². The molecule has 1 atom stereocenters. The number of rotatable bonds is 10. The summed E-state index contributed by atoms with van der Waals surface area (Å²) in [6.07, 6.45) is 5.78. The molecule has 0 saturated carbocycles. The van der Waals surface area contributed by atoms with Crippen LogP contribution in [0.5, 0.6) is 0 Å². The minimum atomic E-state index is 0.581. The molecule has 0 N–H and O–H groups in total. The first-order chi connectivity index (χ1) is 14.5. The van der Waals surface area contributed by atoms with Crippen LogP contribution in [0.1, 0.15) is 49.9 Å². The summed E-state index contributed by atoms with van der Waals surface area (Å²) in [7, 11) is 2.23. The zero-order valence-corrected chi connectivity index (χ0v) is 19.6. The lowest BCUT2D eigenvalue weighted by molar-refractivity contribution is -0.109. The summed E-state index contributed by atoms with van der Waals surface area (Å²) < 4.78 is 0. The molecule has 2 saturated heterocycles. The van der Waals surface area contributed by atoms with E-state index in [1.165, 1.54) is 41.9 Å². The molecule has 1 aromatic heterocycles. The Hall–Kier alpha value is -1.50. The van der Waals surface area contributed by atoms with E-state index in [0.29, 0.717) is 12.6 Å². The van der Waals surface area contributed by atoms with E-state index in [1.807, 2.05) is 0 Å². The average Bonchev–Trinajstić information content (AvgIpc) is 3.15. The second-order valence-corrected chi connectivity index (χ2v) is 9.16. The molecule has 0 aliphatic carbocycles. The summed E-state index contributed by atoms with van der Waals surface area (Å²) in [5.41, 5.74) is 4.07. The Bertz CT molecular complexity index is 686. The van der Waals surface area contributed by atoms with Gasteiger partial charge in [-0.25, -0.2) is 4.98 Å². The summed E-state index contributed by atoms with van der Waals surface area (Å²) in [6.45, 7) is 15.9. The molecule has 1 unspecified atom stereocenters. The minimum absolute atomic E-state index is 0.581. The van der Waals surface area contributed by atoms with Crippen molar-refractivity contribution in [1.82, 2.24) is 19.7 Å². The van der Waals surface area contributed by atoms with Gasteiger partial charge in [0.25, 0.3) is 0 Å². The van der Waals surface area contributed by atoms with Crippen LogP contribution in [0.3, 0.4) is 0 Å². The number of hydrogen-bond donors (Lipinski definition) is 0. The third kappa shape index (κ3) is 6.02. The van der Waals surface area contributed by atoms with Gasteiger partial charge in [-0.1, -0.05) is 6.92 Å². The van der Waals surface area contributed by atoms with Crippen molar-refractivity contribution in [1.29, 1.82) is 0 Å². The first-order valence-electron chi connectivity index (χ1n) is 11.8. The summed E-state index contributed by atoms with van der Waals surface area (Å²) in [4.78, 5) is 25.5. The Morgan fingerprint density at radius 2 is 1.93 bits per heavy atom. The molecule has 2 aliphatic rings. The average molecular weight is 416 g/mol. The predicted octanol–water partition coefficient (Wildman–Crippen LogP) is 2.58. The van der Waals surface area contributed by atoms with Crippen LogP contribution in [-0.2, 0) is 17.8 Å². The number of piperazine rings is 1. The lowest BCUT2D eigenvalue weighted by atomic mass is 10.0. The van der Waals surface area contributed by atoms with Gasteiger partial charge in [0.2, 0.25) is 0 Å². The molecule has 30 heavy (non-hydrogen) atoms. The lowest BCUT2D eigenvalue weighted by Crippen LogP contribution is -2.47. The molecule has 3 heterocycles. The number of aromatic nitrogens is 1. The maximum Gasteiger partial charge on any atom is 0.133 e. The maximum atomic E-state index is 10.7. The standard InChI is InChI=1S/C24H41N5O/c1-5-22-20(2)18-24(29-11-6-8-21(29)3)25-23(22)19-26(4)9-7-10-27-12-14-28(15-13-27)16-17-30/h17-18,21H,5-16,19H2,1-4H3. The number of carbonyl (C=O) groups excluding carboxylic acids is 1. The van der Waals surface area contributed by atoms with Crippen molar-refractivity contribution >= 4 is 12.1 Å². The van der Waals surface area contributed by atoms with Gasteiger partial charge in [0.1, 0.15) is 12.1 Å². The van der Waals surface area contributed by atoms with E-state index in [0.717, 1.165) is 65.1 Å². The molecule has 6 heteroatoms. The van der Waals surface area contributed by atoms with Gasteiger partial charge in [-0.15, -0.1) is 0 Å². The fraction of sp³-hybridized carbons (Fsp3) is 0.750. The fourth-order valence-electron chi connectivity index (χ4n) is 4.98. The highest BCUT2D eigenvalue weighted by Crippen LogP contribution is 2.27. The van der Waals surface area contributed by atoms with Crippen molar-refractivity contribution in [3.05, 3.63) is 22.9 Å². The van der Waals surface area contributed by atoms with E-state index < -0.39 is 0 Å². The van der Waals surface area contributed by atoms with Crippen molar-refractivity contribution in [2.75, 3.05) is 64.3 Å². The number of carbonyl (C=O) groups is 1. The Balaban J connectivity index is 1.52. The van der Waals surface area contributed by atoms with Crippen LogP contribution in [-0.4, -0.2) is 91.4 Å². The van der Waals surface area contributed by atoms with Gasteiger partial charge < -0.3 is 19.5 Å². The highest BCUT2D eigenvalue weighted by molar-refractivity contribution is 5.52. The Labute approximate surface area is 183 Å². The van der Waals surface area contributed by atoms with Gasteiger partial charge in [0.05, 0.1) is 12.2 Å². The molecular formula is C24H41N5O. The summed E-state index contributed by atoms with van der Waals surface area (Å²) in [5.74, 6) is 1.17. The van der Waals surface area contributed by atoms with E-state index in [2.05, 4.69) is 53.5 Å². The van der Waals surface area contributed by atoms with Crippen LogP contribution in [0.4, 0.5) is 5.82 Å². The molecule has 6 nitrogen and oxygen atoms in total. The summed E-state index contributed by atoms with van der Waals surface area (Å²) in [6, 6.07) is 2.90. The van der Waals surface area contributed by atoms with Crippen molar-refractivity contribution in [3.8, 4) is 0 Å². The first-order valence-corrected chi connectivity index (χ1v) is 11.8. The second kappa shape index (κ2) is 11.2. The van der Waals surface area contributed by atoms with E-state index >= 15 is 0 Å². The Morgan fingerprint density at radius 3 is 2.57 bits per heavy atom. The topological polar surface area (TPSA) is 42.9 Å². The van der Waals surface area contributed by atoms with Crippen molar-refractivity contribution in [2.45, 2.75) is 59.0 Å². The molecule has 0 aromatic carbocycles. The number of anilines is 1. The molecule has 168 valence electrons. The maximum absolute atomic E-state index is 10.7. The van der Waals surface area contributed by atoms with Crippen LogP contribution >= 0.6 is 0 Å². The molecule has 0 amide bonds. The lowest BCUT2D eigenvalue weighted by Gasteiger charge is -2.34. The number of hydrogen-bond acceptors (Lipinski definition) is 6. The molecule has 0 spiro atoms. The quantitative estimate of drug-likeness (QED) is 0.547. The smallest absolute Gasteiger partial charge is 0.133 e. The third-order valence-electron chi connectivity index (χ3n) is 6.85. The van der Waals surface area contributed by atoms with E-state index in [1.54, 1.807) is 0 Å². The van der Waals surface area contributed by atoms with Gasteiger partial charge in [-0.3, -0.25) is 4.90 Å². The van der Waals surface area contributed by atoms with Gasteiger partial charge in [0, 0.05) is 45.3 Å². The first kappa shape index (κ1) is 23.2. The fourth-order valence-corrected chi connectivity index (χ4v) is 4.98. The number of aldehydes is 1. The van der Waals surface area contributed by atoms with Crippen LogP contribution in [0.2, 0.25) is 0 Å². The van der Waals surface area contributed by atoms with Gasteiger partial charge in [0.15, 0.2) is 0 Å². The van der Waals surface area contributed by atoms with Crippen LogP contribution < -0.4 is 4.90 Å². The Kier molecular flexibility index (Phi) is 8.66. The number of nitrogens with zero attached hydrogens (tertiary/aromatic N) is 5.